The largest absolute Gasteiger partial charge is 0.313 e. The van der Waals surface area contributed by atoms with E-state index in [1.807, 2.05) is 0 Å². The zero-order valence-corrected chi connectivity index (χ0v) is 12.4. The van der Waals surface area contributed by atoms with Gasteiger partial charge in [-0.15, -0.1) is 0 Å². The molecule has 104 valence electrons. The molecule has 0 radical (unpaired) electrons. The van der Waals surface area contributed by atoms with Gasteiger partial charge in [0.15, 0.2) is 0 Å². The molecule has 2 bridgehead atoms. The molecule has 1 heterocycles. The monoisotopic (exact) mass is 250 g/mol. The Morgan fingerprint density at radius 3 is 2.56 bits per heavy atom. The third kappa shape index (κ3) is 1.84. The summed E-state index contributed by atoms with van der Waals surface area (Å²) >= 11 is 0. The van der Waals surface area contributed by atoms with E-state index >= 15 is 0 Å². The van der Waals surface area contributed by atoms with Crippen molar-refractivity contribution < 1.29 is 0 Å². The number of nitrogens with one attached hydrogen (secondary N) is 2. The maximum Gasteiger partial charge on any atom is 0.0192 e. The number of fused-ring (bicyclic) bond motifs is 2. The Balaban J connectivity index is 1.58. The van der Waals surface area contributed by atoms with Gasteiger partial charge in [0.25, 0.3) is 0 Å². The van der Waals surface area contributed by atoms with Gasteiger partial charge in [0.2, 0.25) is 0 Å². The van der Waals surface area contributed by atoms with Gasteiger partial charge >= 0.3 is 0 Å². The summed E-state index contributed by atoms with van der Waals surface area (Å²) in [7, 11) is 0. The van der Waals surface area contributed by atoms with Crippen LogP contribution in [0.3, 0.4) is 0 Å². The topological polar surface area (TPSA) is 24.1 Å². The highest BCUT2D eigenvalue weighted by molar-refractivity contribution is 5.13. The van der Waals surface area contributed by atoms with Crippen LogP contribution in [0.15, 0.2) is 0 Å². The minimum Gasteiger partial charge on any atom is -0.313 e. The number of hydrogen-bond donors (Lipinski definition) is 2. The summed E-state index contributed by atoms with van der Waals surface area (Å²) in [6, 6.07) is 1.49. The van der Waals surface area contributed by atoms with Crippen molar-refractivity contribution in [3.8, 4) is 0 Å². The lowest BCUT2D eigenvalue weighted by atomic mass is 9.69. The molecule has 2 aliphatic carbocycles. The summed E-state index contributed by atoms with van der Waals surface area (Å²) in [5, 5.41) is 7.57. The van der Waals surface area contributed by atoms with Crippen molar-refractivity contribution in [1.82, 2.24) is 10.6 Å². The van der Waals surface area contributed by atoms with E-state index in [0.717, 1.165) is 18.0 Å². The van der Waals surface area contributed by atoms with E-state index in [9.17, 15) is 0 Å². The summed E-state index contributed by atoms with van der Waals surface area (Å²) in [5.41, 5.74) is 1.08. The quantitative estimate of drug-likeness (QED) is 0.805. The molecular formula is C16H30N2. The molecule has 3 rings (SSSR count). The molecule has 4 atom stereocenters. The number of hydrogen-bond acceptors (Lipinski definition) is 2. The predicted octanol–water partition coefficient (Wildman–Crippen LogP) is 2.93. The van der Waals surface area contributed by atoms with Crippen molar-refractivity contribution >= 4 is 0 Å². The molecule has 2 nitrogen and oxygen atoms in total. The average molecular weight is 250 g/mol. The van der Waals surface area contributed by atoms with E-state index in [0.29, 0.717) is 10.8 Å². The molecule has 3 aliphatic rings. The highest BCUT2D eigenvalue weighted by Crippen LogP contribution is 2.65. The minimum atomic E-state index is 0.534. The van der Waals surface area contributed by atoms with E-state index in [-0.39, 0.29) is 0 Å². The first-order valence-corrected chi connectivity index (χ1v) is 8.01. The third-order valence-electron chi connectivity index (χ3n) is 6.82. The Kier molecular flexibility index (Phi) is 3.22. The van der Waals surface area contributed by atoms with Crippen LogP contribution in [0.4, 0.5) is 0 Å². The highest BCUT2D eigenvalue weighted by Gasteiger charge is 2.60. The normalized spacial score (nSPS) is 46.5. The van der Waals surface area contributed by atoms with Crippen molar-refractivity contribution in [2.45, 2.75) is 71.4 Å². The summed E-state index contributed by atoms with van der Waals surface area (Å²) in [5.74, 6) is 0.958. The molecule has 1 saturated heterocycles. The molecule has 3 fully saturated rings. The molecule has 2 heteroatoms. The van der Waals surface area contributed by atoms with E-state index in [2.05, 4.69) is 31.4 Å². The number of rotatable bonds is 3. The van der Waals surface area contributed by atoms with Crippen LogP contribution in [0.5, 0.6) is 0 Å². The molecule has 2 N–H and O–H groups in total. The van der Waals surface area contributed by atoms with Gasteiger partial charge in [0.05, 0.1) is 0 Å². The fraction of sp³-hybridized carbons (Fsp3) is 1.00. The Hall–Kier alpha value is -0.0800. The van der Waals surface area contributed by atoms with Crippen LogP contribution in [0, 0.1) is 16.7 Å². The van der Waals surface area contributed by atoms with Crippen molar-refractivity contribution in [1.29, 1.82) is 0 Å². The van der Waals surface area contributed by atoms with Crippen LogP contribution in [0.2, 0.25) is 0 Å². The molecule has 2 saturated carbocycles. The van der Waals surface area contributed by atoms with Crippen molar-refractivity contribution in [3.05, 3.63) is 0 Å². The van der Waals surface area contributed by atoms with E-state index in [4.69, 9.17) is 0 Å². The third-order valence-corrected chi connectivity index (χ3v) is 6.82. The SMILES string of the molecule is CC1(C)C2CCC1(C)C(NCC1CCCCN1)C2. The lowest BCUT2D eigenvalue weighted by Crippen LogP contribution is -2.50. The zero-order chi connectivity index (χ0) is 12.8. The first-order valence-electron chi connectivity index (χ1n) is 8.01. The molecule has 0 aromatic carbocycles. The smallest absolute Gasteiger partial charge is 0.0192 e. The summed E-state index contributed by atoms with van der Waals surface area (Å²) < 4.78 is 0. The summed E-state index contributed by atoms with van der Waals surface area (Å²) in [4.78, 5) is 0. The average Bonchev–Trinajstić information content (AvgIpc) is 2.70. The molecule has 0 spiro atoms. The van der Waals surface area contributed by atoms with Crippen molar-refractivity contribution in [3.63, 3.8) is 0 Å². The van der Waals surface area contributed by atoms with Gasteiger partial charge in [-0.25, -0.2) is 0 Å². The first kappa shape index (κ1) is 12.9. The van der Waals surface area contributed by atoms with Crippen LogP contribution >= 0.6 is 0 Å². The lowest BCUT2D eigenvalue weighted by molar-refractivity contribution is 0.119. The van der Waals surface area contributed by atoms with Crippen LogP contribution in [-0.4, -0.2) is 25.2 Å². The molecule has 4 unspecified atom stereocenters. The molecule has 0 amide bonds. The van der Waals surface area contributed by atoms with Crippen LogP contribution in [0.1, 0.15) is 59.3 Å². The molecule has 0 aromatic rings. The van der Waals surface area contributed by atoms with Gasteiger partial charge in [-0.3, -0.25) is 0 Å². The second kappa shape index (κ2) is 4.49. The molecule has 1 aliphatic heterocycles. The highest BCUT2D eigenvalue weighted by atomic mass is 15.0. The van der Waals surface area contributed by atoms with Gasteiger partial charge in [-0.2, -0.15) is 0 Å². The predicted molar refractivity (Wildman–Crippen MR) is 76.7 cm³/mol. The van der Waals surface area contributed by atoms with E-state index < -0.39 is 0 Å². The van der Waals surface area contributed by atoms with Gasteiger partial charge in [-0.05, 0) is 55.4 Å². The standard InChI is InChI=1S/C16H30N2/c1-15(2)12-7-8-16(15,3)14(10-12)18-11-13-6-4-5-9-17-13/h12-14,17-18H,4-11H2,1-3H3. The van der Waals surface area contributed by atoms with E-state index in [1.54, 1.807) is 0 Å². The maximum absolute atomic E-state index is 3.92. The maximum atomic E-state index is 3.92. The first-order chi connectivity index (χ1) is 8.54. The zero-order valence-electron chi connectivity index (χ0n) is 12.4. The van der Waals surface area contributed by atoms with Gasteiger partial charge < -0.3 is 10.6 Å². The molecule has 0 aromatic heterocycles. The summed E-state index contributed by atoms with van der Waals surface area (Å²) in [6.07, 6.45) is 8.45. The molecular weight excluding hydrogens is 220 g/mol. The second-order valence-corrected chi connectivity index (χ2v) is 7.72. The fourth-order valence-corrected chi connectivity index (χ4v) is 4.90. The van der Waals surface area contributed by atoms with Gasteiger partial charge in [0.1, 0.15) is 0 Å². The van der Waals surface area contributed by atoms with Gasteiger partial charge in [0, 0.05) is 18.6 Å². The second-order valence-electron chi connectivity index (χ2n) is 7.72. The van der Waals surface area contributed by atoms with Crippen LogP contribution < -0.4 is 10.6 Å². The Morgan fingerprint density at radius 2 is 2.00 bits per heavy atom. The minimum absolute atomic E-state index is 0.534. The van der Waals surface area contributed by atoms with Crippen LogP contribution in [-0.2, 0) is 0 Å². The Labute approximate surface area is 112 Å². The molecule has 18 heavy (non-hydrogen) atoms. The van der Waals surface area contributed by atoms with E-state index in [1.165, 1.54) is 51.6 Å². The summed E-state index contributed by atoms with van der Waals surface area (Å²) in [6.45, 7) is 9.95. The Bertz CT molecular complexity index is 306. The number of piperidine rings is 1. The van der Waals surface area contributed by atoms with Crippen molar-refractivity contribution in [2.24, 2.45) is 16.7 Å². The lowest BCUT2D eigenvalue weighted by Gasteiger charge is -2.40. The van der Waals surface area contributed by atoms with Gasteiger partial charge in [-0.1, -0.05) is 27.2 Å². The van der Waals surface area contributed by atoms with Crippen molar-refractivity contribution in [2.75, 3.05) is 13.1 Å². The van der Waals surface area contributed by atoms with Crippen LogP contribution in [0.25, 0.3) is 0 Å². The fourth-order valence-electron chi connectivity index (χ4n) is 4.90. The Morgan fingerprint density at radius 1 is 1.17 bits per heavy atom.